The largest absolute Gasteiger partial charge is 0.494 e. The van der Waals surface area contributed by atoms with Gasteiger partial charge >= 0.3 is 0 Å². The fourth-order valence-electron chi connectivity index (χ4n) is 6.82. The Morgan fingerprint density at radius 1 is 1.07 bits per heavy atom. The van der Waals surface area contributed by atoms with Crippen LogP contribution in [0.4, 0.5) is 11.4 Å². The number of benzene rings is 2. The molecule has 0 radical (unpaired) electrons. The topological polar surface area (TPSA) is 117 Å². The number of ether oxygens (including phenoxy) is 2. The predicted octanol–water partition coefficient (Wildman–Crippen LogP) is 4.58. The molecule has 3 aliphatic heterocycles. The highest BCUT2D eigenvalue weighted by Gasteiger charge is 2.76. The van der Waals surface area contributed by atoms with E-state index < -0.39 is 29.6 Å². The zero-order valence-corrected chi connectivity index (χ0v) is 26.0. The molecule has 3 saturated heterocycles. The zero-order valence-electron chi connectivity index (χ0n) is 24.4. The number of carbonyl (C=O) groups is 3. The number of anilines is 2. The third kappa shape index (κ3) is 5.68. The summed E-state index contributed by atoms with van der Waals surface area (Å²) in [7, 11) is 0. The van der Waals surface area contributed by atoms with Gasteiger partial charge in [-0.2, -0.15) is 0 Å². The Morgan fingerprint density at radius 2 is 1.81 bits per heavy atom. The van der Waals surface area contributed by atoms with Crippen molar-refractivity contribution in [3.8, 4) is 5.75 Å². The quantitative estimate of drug-likeness (QED) is 0.231. The van der Waals surface area contributed by atoms with Crippen LogP contribution in [-0.4, -0.2) is 70.1 Å². The molecule has 2 aromatic rings. The van der Waals surface area contributed by atoms with Gasteiger partial charge in [-0.05, 0) is 81.5 Å². The van der Waals surface area contributed by atoms with Crippen LogP contribution in [0.3, 0.4) is 0 Å². The molecule has 10 heteroatoms. The van der Waals surface area contributed by atoms with Gasteiger partial charge in [-0.15, -0.1) is 0 Å². The molecule has 0 aliphatic carbocycles. The SMILES string of the molecule is CCOc1ccc(NC(=O)[C@H]2[C@@H]3OC4(CC3Br)C(C(=O)Nc3cc(C)ccc3C)N(CCCCCCO)C(=O)[C@H]24)cc1. The molecule has 3 aliphatic rings. The Balaban J connectivity index is 1.43. The summed E-state index contributed by atoms with van der Waals surface area (Å²) in [6.45, 7) is 6.85. The summed E-state index contributed by atoms with van der Waals surface area (Å²) < 4.78 is 12.1. The van der Waals surface area contributed by atoms with E-state index in [0.717, 1.165) is 24.0 Å². The molecule has 3 N–H and O–H groups in total. The molecule has 3 heterocycles. The van der Waals surface area contributed by atoms with Gasteiger partial charge in [0.2, 0.25) is 17.7 Å². The first-order chi connectivity index (χ1) is 20.2. The fraction of sp³-hybridized carbons (Fsp3) is 0.531. The molecule has 6 atom stereocenters. The van der Waals surface area contributed by atoms with E-state index in [0.29, 0.717) is 49.5 Å². The van der Waals surface area contributed by atoms with Crippen molar-refractivity contribution in [1.29, 1.82) is 0 Å². The van der Waals surface area contributed by atoms with Crippen molar-refractivity contribution in [3.63, 3.8) is 0 Å². The van der Waals surface area contributed by atoms with Crippen molar-refractivity contribution < 1.29 is 29.0 Å². The Bertz CT molecular complexity index is 1320. The number of likely N-dealkylation sites (tertiary alicyclic amines) is 1. The van der Waals surface area contributed by atoms with Gasteiger partial charge in [-0.25, -0.2) is 0 Å². The smallest absolute Gasteiger partial charge is 0.250 e. The van der Waals surface area contributed by atoms with Crippen LogP contribution in [0.15, 0.2) is 42.5 Å². The van der Waals surface area contributed by atoms with Crippen LogP contribution in [0.1, 0.15) is 50.2 Å². The Hall–Kier alpha value is -2.95. The van der Waals surface area contributed by atoms with Crippen LogP contribution in [-0.2, 0) is 19.1 Å². The molecule has 1 spiro atoms. The molecule has 226 valence electrons. The first-order valence-corrected chi connectivity index (χ1v) is 15.8. The van der Waals surface area contributed by atoms with Crippen LogP contribution in [0.25, 0.3) is 0 Å². The van der Waals surface area contributed by atoms with Crippen molar-refractivity contribution in [2.45, 2.75) is 75.4 Å². The summed E-state index contributed by atoms with van der Waals surface area (Å²) >= 11 is 3.73. The standard InChI is InChI=1S/C32H40BrN3O6/c1-4-41-22-13-11-21(12-14-22)34-29(38)25-26-31(40)36(15-7-5-6-8-16-37)28(32(26)18-23(33)27(25)42-32)30(39)35-24-17-19(2)9-10-20(24)3/h9-14,17,23,25-28,37H,4-8,15-16,18H2,1-3H3,(H,34,38)(H,35,39)/t23?,25-,26+,27-,28?,32?/m1/s1. The van der Waals surface area contributed by atoms with E-state index in [9.17, 15) is 14.4 Å². The maximum Gasteiger partial charge on any atom is 0.250 e. The lowest BCUT2D eigenvalue weighted by molar-refractivity contribution is -0.139. The number of halogens is 1. The summed E-state index contributed by atoms with van der Waals surface area (Å²) in [4.78, 5) is 43.5. The summed E-state index contributed by atoms with van der Waals surface area (Å²) in [6, 6.07) is 12.1. The normalized spacial score (nSPS) is 27.7. The number of hydrogen-bond donors (Lipinski definition) is 3. The molecule has 3 amide bonds. The first kappa shape index (κ1) is 30.5. The Morgan fingerprint density at radius 3 is 2.52 bits per heavy atom. The molecular weight excluding hydrogens is 602 g/mol. The van der Waals surface area contributed by atoms with Gasteiger partial charge in [0.15, 0.2) is 0 Å². The summed E-state index contributed by atoms with van der Waals surface area (Å²) in [5, 5.41) is 15.2. The lowest BCUT2D eigenvalue weighted by Gasteiger charge is -2.34. The van der Waals surface area contributed by atoms with Crippen LogP contribution in [0.5, 0.6) is 5.75 Å². The summed E-state index contributed by atoms with van der Waals surface area (Å²) in [6.07, 6.45) is 2.95. The second-order valence-electron chi connectivity index (χ2n) is 11.6. The number of alkyl halides is 1. The van der Waals surface area contributed by atoms with Gasteiger partial charge in [0.25, 0.3) is 0 Å². The minimum absolute atomic E-state index is 0.127. The van der Waals surface area contributed by atoms with E-state index in [1.807, 2.05) is 39.0 Å². The van der Waals surface area contributed by atoms with Gasteiger partial charge in [0.05, 0.1) is 24.5 Å². The predicted molar refractivity (Wildman–Crippen MR) is 164 cm³/mol. The monoisotopic (exact) mass is 641 g/mol. The van der Waals surface area contributed by atoms with E-state index in [4.69, 9.17) is 14.6 Å². The number of nitrogens with zero attached hydrogens (tertiary/aromatic N) is 1. The van der Waals surface area contributed by atoms with Crippen LogP contribution in [0, 0.1) is 25.7 Å². The third-order valence-electron chi connectivity index (χ3n) is 8.73. The van der Waals surface area contributed by atoms with Gasteiger partial charge in [-0.1, -0.05) is 40.9 Å². The minimum atomic E-state index is -1.12. The number of carbonyl (C=O) groups excluding carboxylic acids is 3. The fourth-order valence-corrected chi connectivity index (χ4v) is 7.76. The van der Waals surface area contributed by atoms with E-state index >= 15 is 0 Å². The first-order valence-electron chi connectivity index (χ1n) is 14.8. The van der Waals surface area contributed by atoms with E-state index in [2.05, 4.69) is 26.6 Å². The maximum absolute atomic E-state index is 14.2. The number of aryl methyl sites for hydroxylation is 2. The van der Waals surface area contributed by atoms with Gasteiger partial charge in [0, 0.05) is 29.4 Å². The highest BCUT2D eigenvalue weighted by molar-refractivity contribution is 9.09. The van der Waals surface area contributed by atoms with Crippen LogP contribution < -0.4 is 15.4 Å². The van der Waals surface area contributed by atoms with Crippen LogP contribution in [0.2, 0.25) is 0 Å². The Labute approximate surface area is 255 Å². The molecule has 2 aromatic carbocycles. The lowest BCUT2D eigenvalue weighted by Crippen LogP contribution is -2.54. The number of fused-ring (bicyclic) bond motifs is 1. The molecule has 3 fully saturated rings. The van der Waals surface area contributed by atoms with Crippen molar-refractivity contribution in [1.82, 2.24) is 4.90 Å². The van der Waals surface area contributed by atoms with E-state index in [1.165, 1.54) is 0 Å². The highest BCUT2D eigenvalue weighted by Crippen LogP contribution is 2.60. The number of amides is 3. The second-order valence-corrected chi connectivity index (χ2v) is 12.8. The lowest BCUT2D eigenvalue weighted by atomic mass is 9.70. The number of aliphatic hydroxyl groups excluding tert-OH is 1. The van der Waals surface area contributed by atoms with Gasteiger partial charge < -0.3 is 30.1 Å². The van der Waals surface area contributed by atoms with Crippen molar-refractivity contribution in [2.75, 3.05) is 30.4 Å². The molecular formula is C32H40BrN3O6. The number of nitrogens with one attached hydrogen (secondary N) is 2. The van der Waals surface area contributed by atoms with E-state index in [-0.39, 0.29) is 29.2 Å². The molecule has 3 unspecified atom stereocenters. The van der Waals surface area contributed by atoms with E-state index in [1.54, 1.807) is 29.2 Å². The highest BCUT2D eigenvalue weighted by atomic mass is 79.9. The van der Waals surface area contributed by atoms with Gasteiger partial charge in [-0.3, -0.25) is 14.4 Å². The number of unbranched alkanes of at least 4 members (excludes halogenated alkanes) is 3. The molecule has 42 heavy (non-hydrogen) atoms. The molecule has 5 rings (SSSR count). The number of hydrogen-bond acceptors (Lipinski definition) is 6. The van der Waals surface area contributed by atoms with Gasteiger partial charge in [0.1, 0.15) is 17.4 Å². The third-order valence-corrected chi connectivity index (χ3v) is 9.58. The second kappa shape index (κ2) is 12.7. The maximum atomic E-state index is 14.2. The summed E-state index contributed by atoms with van der Waals surface area (Å²) in [5.74, 6) is -1.64. The van der Waals surface area contributed by atoms with Crippen LogP contribution >= 0.6 is 15.9 Å². The molecule has 0 saturated carbocycles. The van der Waals surface area contributed by atoms with Crippen molar-refractivity contribution >= 4 is 45.0 Å². The van der Waals surface area contributed by atoms with Crippen molar-refractivity contribution in [3.05, 3.63) is 53.6 Å². The van der Waals surface area contributed by atoms with Crippen molar-refractivity contribution in [2.24, 2.45) is 11.8 Å². The Kier molecular flexibility index (Phi) is 9.25. The molecule has 0 aromatic heterocycles. The minimum Gasteiger partial charge on any atom is -0.494 e. The molecule has 9 nitrogen and oxygen atoms in total. The average molecular weight is 643 g/mol. The molecule has 2 bridgehead atoms. The average Bonchev–Trinajstić information content (AvgIpc) is 3.55. The number of aliphatic hydroxyl groups is 1. The number of rotatable bonds is 12. The summed E-state index contributed by atoms with van der Waals surface area (Å²) in [5.41, 5.74) is 2.11. The zero-order chi connectivity index (χ0) is 30.0.